The number of carbonyl (C=O) groups excluding carboxylic acids is 2. The molecule has 1 saturated heterocycles. The van der Waals surface area contributed by atoms with E-state index < -0.39 is 0 Å². The summed E-state index contributed by atoms with van der Waals surface area (Å²) in [5.74, 6) is 1.14. The third-order valence-corrected chi connectivity index (χ3v) is 5.09. The van der Waals surface area contributed by atoms with E-state index in [0.717, 1.165) is 19.3 Å². The van der Waals surface area contributed by atoms with Gasteiger partial charge in [-0.25, -0.2) is 9.78 Å². The van der Waals surface area contributed by atoms with E-state index in [1.165, 1.54) is 10.5 Å². The third kappa shape index (κ3) is 4.71. The molecule has 1 N–H and O–H groups in total. The first kappa shape index (κ1) is 19.9. The van der Waals surface area contributed by atoms with Gasteiger partial charge in [-0.05, 0) is 31.7 Å². The molecular weight excluding hydrogens is 356 g/mol. The first-order valence-corrected chi connectivity index (χ1v) is 9.71. The van der Waals surface area contributed by atoms with Crippen LogP contribution >= 0.6 is 0 Å². The van der Waals surface area contributed by atoms with Crippen LogP contribution in [0, 0.1) is 6.92 Å². The lowest BCUT2D eigenvalue weighted by molar-refractivity contribution is 0.0821. The van der Waals surface area contributed by atoms with E-state index in [-0.39, 0.29) is 17.9 Å². The maximum atomic E-state index is 12.4. The van der Waals surface area contributed by atoms with Crippen LogP contribution in [-0.2, 0) is 6.42 Å². The van der Waals surface area contributed by atoms with Crippen molar-refractivity contribution in [1.82, 2.24) is 20.1 Å². The zero-order valence-corrected chi connectivity index (χ0v) is 16.8. The Balaban J connectivity index is 1.48. The zero-order chi connectivity index (χ0) is 20.1. The Hall–Kier alpha value is -2.83. The molecule has 3 amide bonds. The molecule has 2 heterocycles. The number of amides is 3. The molecule has 1 aliphatic heterocycles. The molecule has 0 aliphatic carbocycles. The van der Waals surface area contributed by atoms with E-state index in [1.807, 2.05) is 23.1 Å². The first-order chi connectivity index (χ1) is 13.5. The number of aromatic nitrogens is 1. The molecule has 1 fully saturated rings. The van der Waals surface area contributed by atoms with Crippen molar-refractivity contribution in [2.75, 3.05) is 33.7 Å². The van der Waals surface area contributed by atoms with Gasteiger partial charge < -0.3 is 19.5 Å². The lowest BCUT2D eigenvalue weighted by atomic mass is 9.97. The fraction of sp³-hybridized carbons (Fsp3) is 0.476. The number of hydrogen-bond donors (Lipinski definition) is 1. The highest BCUT2D eigenvalue weighted by Gasteiger charge is 2.29. The molecule has 3 rings (SSSR count). The second kappa shape index (κ2) is 8.91. The topological polar surface area (TPSA) is 78.7 Å². The van der Waals surface area contributed by atoms with Crippen LogP contribution in [-0.4, -0.2) is 60.5 Å². The minimum atomic E-state index is -0.150. The fourth-order valence-corrected chi connectivity index (χ4v) is 3.40. The van der Waals surface area contributed by atoms with Gasteiger partial charge >= 0.3 is 6.03 Å². The highest BCUT2D eigenvalue weighted by Crippen LogP contribution is 2.29. The molecule has 1 aromatic carbocycles. The summed E-state index contributed by atoms with van der Waals surface area (Å²) in [4.78, 5) is 32.3. The molecule has 7 heteroatoms. The molecule has 150 valence electrons. The van der Waals surface area contributed by atoms with Gasteiger partial charge in [-0.2, -0.15) is 0 Å². The summed E-state index contributed by atoms with van der Waals surface area (Å²) in [7, 11) is 3.40. The normalized spacial score (nSPS) is 14.8. The van der Waals surface area contributed by atoms with Gasteiger partial charge in [-0.1, -0.05) is 30.3 Å². The van der Waals surface area contributed by atoms with Crippen LogP contribution < -0.4 is 5.32 Å². The van der Waals surface area contributed by atoms with Gasteiger partial charge in [0, 0.05) is 39.6 Å². The van der Waals surface area contributed by atoms with Crippen molar-refractivity contribution in [3.63, 3.8) is 0 Å². The molecule has 2 aromatic rings. The summed E-state index contributed by atoms with van der Waals surface area (Å²) in [6.07, 6.45) is 2.38. The molecular formula is C21H28N4O3. The van der Waals surface area contributed by atoms with Gasteiger partial charge in [-0.15, -0.1) is 0 Å². The summed E-state index contributed by atoms with van der Waals surface area (Å²) in [5, 5.41) is 2.99. The summed E-state index contributed by atoms with van der Waals surface area (Å²) < 4.78 is 5.76. The Morgan fingerprint density at radius 2 is 1.89 bits per heavy atom. The zero-order valence-electron chi connectivity index (χ0n) is 16.8. The number of benzene rings is 1. The van der Waals surface area contributed by atoms with Crippen molar-refractivity contribution in [3.8, 4) is 0 Å². The van der Waals surface area contributed by atoms with Crippen molar-refractivity contribution in [3.05, 3.63) is 53.2 Å². The summed E-state index contributed by atoms with van der Waals surface area (Å²) in [5.41, 5.74) is 1.59. The largest absolute Gasteiger partial charge is 0.445 e. The van der Waals surface area contributed by atoms with Gasteiger partial charge in [0.25, 0.3) is 5.91 Å². The number of oxazole rings is 1. The van der Waals surface area contributed by atoms with Crippen LogP contribution in [0.4, 0.5) is 4.79 Å². The SMILES string of the molecule is Cc1oc(C2CCN(C(=O)NCCc3ccccc3)CC2)nc1C(=O)N(C)C. The van der Waals surface area contributed by atoms with Crippen molar-refractivity contribution in [2.24, 2.45) is 0 Å². The number of rotatable bonds is 5. The van der Waals surface area contributed by atoms with Crippen LogP contribution in [0.25, 0.3) is 0 Å². The van der Waals surface area contributed by atoms with Crippen molar-refractivity contribution in [2.45, 2.75) is 32.1 Å². The molecule has 0 atom stereocenters. The standard InChI is InChI=1S/C21H28N4O3/c1-15-18(20(26)24(2)3)23-19(28-15)17-10-13-25(14-11-17)21(27)22-12-9-16-7-5-4-6-8-16/h4-8,17H,9-14H2,1-3H3,(H,22,27). The average Bonchev–Trinajstić information content (AvgIpc) is 3.09. The van der Waals surface area contributed by atoms with Crippen molar-refractivity contribution < 1.29 is 14.0 Å². The number of piperidine rings is 1. The predicted octanol–water partition coefficient (Wildman–Crippen LogP) is 2.82. The maximum Gasteiger partial charge on any atom is 0.317 e. The molecule has 0 saturated carbocycles. The van der Waals surface area contributed by atoms with E-state index in [4.69, 9.17) is 4.42 Å². The number of nitrogens with one attached hydrogen (secondary N) is 1. The van der Waals surface area contributed by atoms with Crippen molar-refractivity contribution >= 4 is 11.9 Å². The van der Waals surface area contributed by atoms with Crippen LogP contribution in [0.15, 0.2) is 34.7 Å². The molecule has 28 heavy (non-hydrogen) atoms. The number of hydrogen-bond acceptors (Lipinski definition) is 4. The van der Waals surface area contributed by atoms with Crippen LogP contribution in [0.5, 0.6) is 0 Å². The number of likely N-dealkylation sites (tertiary alicyclic amines) is 1. The Morgan fingerprint density at radius 1 is 1.21 bits per heavy atom. The van der Waals surface area contributed by atoms with E-state index >= 15 is 0 Å². The second-order valence-electron chi connectivity index (χ2n) is 7.39. The first-order valence-electron chi connectivity index (χ1n) is 9.71. The number of carbonyl (C=O) groups is 2. The lowest BCUT2D eigenvalue weighted by Crippen LogP contribution is -2.44. The lowest BCUT2D eigenvalue weighted by Gasteiger charge is -2.30. The van der Waals surface area contributed by atoms with Crippen molar-refractivity contribution in [1.29, 1.82) is 0 Å². The number of nitrogens with zero attached hydrogens (tertiary/aromatic N) is 3. The van der Waals surface area contributed by atoms with E-state index in [9.17, 15) is 9.59 Å². The molecule has 0 bridgehead atoms. The molecule has 1 aromatic heterocycles. The molecule has 7 nitrogen and oxygen atoms in total. The quantitative estimate of drug-likeness (QED) is 0.860. The average molecular weight is 384 g/mol. The molecule has 1 aliphatic rings. The number of urea groups is 1. The molecule has 0 spiro atoms. The Morgan fingerprint density at radius 3 is 2.54 bits per heavy atom. The minimum absolute atomic E-state index is 0.0264. The highest BCUT2D eigenvalue weighted by atomic mass is 16.4. The number of aryl methyl sites for hydroxylation is 1. The van der Waals surface area contributed by atoms with E-state index in [0.29, 0.717) is 37.0 Å². The predicted molar refractivity (Wildman–Crippen MR) is 106 cm³/mol. The Labute approximate surface area is 165 Å². The van der Waals surface area contributed by atoms with E-state index in [1.54, 1.807) is 21.0 Å². The fourth-order valence-electron chi connectivity index (χ4n) is 3.40. The summed E-state index contributed by atoms with van der Waals surface area (Å²) in [6, 6.07) is 10.1. The van der Waals surface area contributed by atoms with Gasteiger partial charge in [0.1, 0.15) is 5.76 Å². The van der Waals surface area contributed by atoms with Gasteiger partial charge in [0.15, 0.2) is 11.6 Å². The Kier molecular flexibility index (Phi) is 6.34. The monoisotopic (exact) mass is 384 g/mol. The van der Waals surface area contributed by atoms with Crippen LogP contribution in [0.2, 0.25) is 0 Å². The maximum absolute atomic E-state index is 12.4. The minimum Gasteiger partial charge on any atom is -0.445 e. The highest BCUT2D eigenvalue weighted by molar-refractivity contribution is 5.92. The summed E-state index contributed by atoms with van der Waals surface area (Å²) in [6.45, 7) is 3.70. The van der Waals surface area contributed by atoms with Crippen LogP contribution in [0.3, 0.4) is 0 Å². The van der Waals surface area contributed by atoms with Gasteiger partial charge in [0.2, 0.25) is 0 Å². The van der Waals surface area contributed by atoms with Crippen LogP contribution in [0.1, 0.15) is 46.5 Å². The molecule has 0 unspecified atom stereocenters. The third-order valence-electron chi connectivity index (χ3n) is 5.09. The van der Waals surface area contributed by atoms with E-state index in [2.05, 4.69) is 22.4 Å². The van der Waals surface area contributed by atoms with Gasteiger partial charge in [-0.3, -0.25) is 4.79 Å². The second-order valence-corrected chi connectivity index (χ2v) is 7.39. The smallest absolute Gasteiger partial charge is 0.317 e. The molecule has 0 radical (unpaired) electrons. The summed E-state index contributed by atoms with van der Waals surface area (Å²) >= 11 is 0. The van der Waals surface area contributed by atoms with Gasteiger partial charge in [0.05, 0.1) is 0 Å². The Bertz CT molecular complexity index is 808.